The van der Waals surface area contributed by atoms with Gasteiger partial charge in [-0.1, -0.05) is 0 Å². The fourth-order valence-electron chi connectivity index (χ4n) is 1.84. The van der Waals surface area contributed by atoms with E-state index in [9.17, 15) is 13.2 Å². The summed E-state index contributed by atoms with van der Waals surface area (Å²) in [5.41, 5.74) is 2.26. The van der Waals surface area contributed by atoms with Crippen LogP contribution >= 0.6 is 0 Å². The number of aryl methyl sites for hydroxylation is 2. The molecule has 112 valence electrons. The zero-order valence-electron chi connectivity index (χ0n) is 12.7. The quantitative estimate of drug-likeness (QED) is 0.784. The minimum Gasteiger partial charge on any atom is -0.492 e. The number of hydrogen-bond donors (Lipinski definition) is 0. The highest BCUT2D eigenvalue weighted by atomic mass is 32.2. The molecule has 0 amide bonds. The lowest BCUT2D eigenvalue weighted by Gasteiger charge is -2.20. The van der Waals surface area contributed by atoms with Crippen molar-refractivity contribution in [1.82, 2.24) is 0 Å². The molecule has 5 heteroatoms. The van der Waals surface area contributed by atoms with Crippen molar-refractivity contribution in [2.75, 3.05) is 12.4 Å². The van der Waals surface area contributed by atoms with Gasteiger partial charge < -0.3 is 4.74 Å². The predicted molar refractivity (Wildman–Crippen MR) is 80.3 cm³/mol. The molecule has 1 aromatic carbocycles. The Kier molecular flexibility index (Phi) is 4.97. The van der Waals surface area contributed by atoms with Gasteiger partial charge in [0.1, 0.15) is 18.6 Å². The minimum atomic E-state index is -3.19. The number of benzene rings is 1. The molecule has 0 heterocycles. The van der Waals surface area contributed by atoms with Crippen molar-refractivity contribution in [2.45, 2.75) is 39.4 Å². The Bertz CT molecular complexity index is 572. The summed E-state index contributed by atoms with van der Waals surface area (Å²) in [6, 6.07) is 3.46. The molecule has 0 aromatic heterocycles. The van der Waals surface area contributed by atoms with Crippen LogP contribution in [0, 0.1) is 13.8 Å². The topological polar surface area (TPSA) is 60.4 Å². The summed E-state index contributed by atoms with van der Waals surface area (Å²) < 4.78 is 28.8. The second-order valence-electron chi connectivity index (χ2n) is 5.88. The second kappa shape index (κ2) is 5.95. The molecule has 0 radical (unpaired) electrons. The lowest BCUT2D eigenvalue weighted by molar-refractivity contribution is 0.112. The number of carbonyl (C=O) groups is 1. The maximum absolute atomic E-state index is 12.0. The van der Waals surface area contributed by atoms with E-state index < -0.39 is 14.6 Å². The van der Waals surface area contributed by atoms with E-state index in [4.69, 9.17) is 4.74 Å². The van der Waals surface area contributed by atoms with Gasteiger partial charge in [-0.3, -0.25) is 4.79 Å². The van der Waals surface area contributed by atoms with Crippen molar-refractivity contribution in [3.05, 3.63) is 28.8 Å². The van der Waals surface area contributed by atoms with Crippen LogP contribution in [0.4, 0.5) is 0 Å². The van der Waals surface area contributed by atoms with E-state index in [2.05, 4.69) is 0 Å². The summed E-state index contributed by atoms with van der Waals surface area (Å²) in [5, 5.41) is 0. The predicted octanol–water partition coefficient (Wildman–Crippen LogP) is 2.71. The molecule has 1 aromatic rings. The first kappa shape index (κ1) is 16.7. The Morgan fingerprint density at radius 2 is 1.65 bits per heavy atom. The SMILES string of the molecule is Cc1cc(C=O)cc(C)c1OCCS(=O)(=O)C(C)(C)C. The third-order valence-corrected chi connectivity index (χ3v) is 5.72. The minimum absolute atomic E-state index is 0.0230. The summed E-state index contributed by atoms with van der Waals surface area (Å²) >= 11 is 0. The van der Waals surface area contributed by atoms with Gasteiger partial charge in [0.15, 0.2) is 9.84 Å². The first-order chi connectivity index (χ1) is 9.08. The molecule has 0 N–H and O–H groups in total. The zero-order chi connectivity index (χ0) is 15.6. The number of sulfone groups is 1. The maximum Gasteiger partial charge on any atom is 0.158 e. The normalized spacial score (nSPS) is 12.2. The van der Waals surface area contributed by atoms with Crippen LogP contribution in [0.1, 0.15) is 42.3 Å². The van der Waals surface area contributed by atoms with Gasteiger partial charge in [0, 0.05) is 5.56 Å². The lowest BCUT2D eigenvalue weighted by atomic mass is 10.1. The highest BCUT2D eigenvalue weighted by Crippen LogP contribution is 2.24. The third kappa shape index (κ3) is 3.82. The number of hydrogen-bond acceptors (Lipinski definition) is 4. The summed E-state index contributed by atoms with van der Waals surface area (Å²) in [4.78, 5) is 10.8. The summed E-state index contributed by atoms with van der Waals surface area (Å²) in [7, 11) is -3.19. The molecule has 4 nitrogen and oxygen atoms in total. The summed E-state index contributed by atoms with van der Waals surface area (Å²) in [6.07, 6.45) is 0.786. The van der Waals surface area contributed by atoms with Crippen LogP contribution in [-0.4, -0.2) is 31.8 Å². The average Bonchev–Trinajstić information content (AvgIpc) is 2.30. The van der Waals surface area contributed by atoms with Crippen molar-refractivity contribution >= 4 is 16.1 Å². The van der Waals surface area contributed by atoms with Gasteiger partial charge in [-0.15, -0.1) is 0 Å². The molecule has 0 saturated heterocycles. The largest absolute Gasteiger partial charge is 0.492 e. The highest BCUT2D eigenvalue weighted by Gasteiger charge is 2.28. The maximum atomic E-state index is 12.0. The van der Waals surface area contributed by atoms with Gasteiger partial charge >= 0.3 is 0 Å². The van der Waals surface area contributed by atoms with E-state index in [-0.39, 0.29) is 12.4 Å². The Morgan fingerprint density at radius 3 is 2.05 bits per heavy atom. The van der Waals surface area contributed by atoms with Crippen molar-refractivity contribution in [3.63, 3.8) is 0 Å². The van der Waals surface area contributed by atoms with Crippen molar-refractivity contribution in [1.29, 1.82) is 0 Å². The molecular formula is C15H22O4S. The number of ether oxygens (including phenoxy) is 1. The Morgan fingerprint density at radius 1 is 1.15 bits per heavy atom. The molecule has 0 spiro atoms. The van der Waals surface area contributed by atoms with Crippen LogP contribution in [0.2, 0.25) is 0 Å². The van der Waals surface area contributed by atoms with Gasteiger partial charge in [-0.05, 0) is 57.9 Å². The van der Waals surface area contributed by atoms with E-state index in [0.29, 0.717) is 11.3 Å². The van der Waals surface area contributed by atoms with Crippen LogP contribution in [0.25, 0.3) is 0 Å². The Hall–Kier alpha value is -1.36. The standard InChI is InChI=1S/C15H22O4S/c1-11-8-13(10-16)9-12(2)14(11)19-6-7-20(17,18)15(3,4)5/h8-10H,6-7H2,1-5H3. The van der Waals surface area contributed by atoms with Crippen LogP contribution in [0.15, 0.2) is 12.1 Å². The van der Waals surface area contributed by atoms with Crippen LogP contribution < -0.4 is 4.74 Å². The van der Waals surface area contributed by atoms with E-state index in [1.54, 1.807) is 32.9 Å². The molecule has 0 aliphatic rings. The first-order valence-electron chi connectivity index (χ1n) is 6.50. The fraction of sp³-hybridized carbons (Fsp3) is 0.533. The molecule has 0 atom stereocenters. The molecule has 0 bridgehead atoms. The lowest BCUT2D eigenvalue weighted by Crippen LogP contribution is -2.32. The Balaban J connectivity index is 2.80. The average molecular weight is 298 g/mol. The smallest absolute Gasteiger partial charge is 0.158 e. The fourth-order valence-corrected chi connectivity index (χ4v) is 2.75. The van der Waals surface area contributed by atoms with Gasteiger partial charge in [0.2, 0.25) is 0 Å². The van der Waals surface area contributed by atoms with Crippen molar-refractivity contribution in [2.24, 2.45) is 0 Å². The van der Waals surface area contributed by atoms with Gasteiger partial charge in [-0.25, -0.2) is 8.42 Å². The van der Waals surface area contributed by atoms with E-state index >= 15 is 0 Å². The van der Waals surface area contributed by atoms with Crippen LogP contribution in [0.5, 0.6) is 5.75 Å². The first-order valence-corrected chi connectivity index (χ1v) is 8.15. The molecular weight excluding hydrogens is 276 g/mol. The second-order valence-corrected chi connectivity index (χ2v) is 8.74. The monoisotopic (exact) mass is 298 g/mol. The van der Waals surface area contributed by atoms with Crippen LogP contribution in [0.3, 0.4) is 0 Å². The van der Waals surface area contributed by atoms with Gasteiger partial charge in [0.05, 0.1) is 10.5 Å². The zero-order valence-corrected chi connectivity index (χ0v) is 13.5. The van der Waals surface area contributed by atoms with E-state index in [0.717, 1.165) is 17.4 Å². The van der Waals surface area contributed by atoms with Crippen molar-refractivity contribution < 1.29 is 17.9 Å². The van der Waals surface area contributed by atoms with Gasteiger partial charge in [0.25, 0.3) is 0 Å². The Labute approximate surface area is 121 Å². The third-order valence-electron chi connectivity index (χ3n) is 3.15. The van der Waals surface area contributed by atoms with Crippen molar-refractivity contribution in [3.8, 4) is 5.75 Å². The molecule has 0 saturated carbocycles. The molecule has 0 aliphatic carbocycles. The molecule has 0 unspecified atom stereocenters. The number of aldehydes is 1. The highest BCUT2D eigenvalue weighted by molar-refractivity contribution is 7.92. The molecule has 0 aliphatic heterocycles. The summed E-state index contributed by atoms with van der Waals surface area (Å²) in [6.45, 7) is 8.83. The van der Waals surface area contributed by atoms with Gasteiger partial charge in [-0.2, -0.15) is 0 Å². The molecule has 20 heavy (non-hydrogen) atoms. The summed E-state index contributed by atoms with van der Waals surface area (Å²) in [5.74, 6) is 0.630. The molecule has 1 rings (SSSR count). The van der Waals surface area contributed by atoms with Crippen LogP contribution in [-0.2, 0) is 9.84 Å². The molecule has 0 fully saturated rings. The number of rotatable bonds is 5. The number of carbonyl (C=O) groups excluding carboxylic acids is 1. The van der Waals surface area contributed by atoms with E-state index in [1.165, 1.54) is 0 Å². The van der Waals surface area contributed by atoms with E-state index in [1.807, 2.05) is 13.8 Å².